The Morgan fingerprint density at radius 1 is 1.28 bits per heavy atom. The molecule has 12 heteroatoms. The lowest BCUT2D eigenvalue weighted by atomic mass is 9.95. The van der Waals surface area contributed by atoms with Crippen molar-refractivity contribution in [2.75, 3.05) is 35.7 Å². The minimum atomic E-state index is -0.243. The van der Waals surface area contributed by atoms with Gasteiger partial charge in [0.25, 0.3) is 0 Å². The molecule has 36 heavy (non-hydrogen) atoms. The molecule has 2 aliphatic rings. The van der Waals surface area contributed by atoms with Gasteiger partial charge in [-0.2, -0.15) is 20.0 Å². The first-order valence-corrected chi connectivity index (χ1v) is 12.0. The van der Waals surface area contributed by atoms with Crippen LogP contribution in [-0.2, 0) is 9.53 Å². The second-order valence-corrected chi connectivity index (χ2v) is 9.59. The molecule has 5 rings (SSSR count). The highest BCUT2D eigenvalue weighted by Crippen LogP contribution is 2.40. The normalized spacial score (nSPS) is 19.1. The first-order chi connectivity index (χ1) is 17.4. The smallest absolute Gasteiger partial charge is 0.305 e. The van der Waals surface area contributed by atoms with Gasteiger partial charge in [-0.3, -0.25) is 4.79 Å². The quantitative estimate of drug-likeness (QED) is 0.458. The van der Waals surface area contributed by atoms with Crippen LogP contribution >= 0.6 is 11.6 Å². The summed E-state index contributed by atoms with van der Waals surface area (Å²) >= 11 is 6.84. The Morgan fingerprint density at radius 3 is 2.78 bits per heavy atom. The average molecular weight is 506 g/mol. The van der Waals surface area contributed by atoms with E-state index in [-0.39, 0.29) is 29.4 Å². The molecule has 1 saturated heterocycles. The molecule has 0 spiro atoms. The van der Waals surface area contributed by atoms with Crippen molar-refractivity contribution in [3.8, 4) is 12.1 Å². The van der Waals surface area contributed by atoms with Gasteiger partial charge >= 0.3 is 5.97 Å². The van der Waals surface area contributed by atoms with E-state index in [2.05, 4.69) is 49.7 Å². The van der Waals surface area contributed by atoms with E-state index in [0.717, 1.165) is 12.8 Å². The van der Waals surface area contributed by atoms with Crippen LogP contribution in [0.25, 0.3) is 5.65 Å². The number of carbonyl (C=O) groups is 1. The molecule has 1 saturated carbocycles. The lowest BCUT2D eigenvalue weighted by molar-refractivity contribution is -0.141. The van der Waals surface area contributed by atoms with Gasteiger partial charge in [0.1, 0.15) is 6.07 Å². The van der Waals surface area contributed by atoms with Crippen LogP contribution in [0.1, 0.15) is 37.4 Å². The zero-order valence-electron chi connectivity index (χ0n) is 19.8. The van der Waals surface area contributed by atoms with Crippen molar-refractivity contribution in [3.05, 3.63) is 34.6 Å². The molecule has 2 atom stereocenters. The zero-order valence-corrected chi connectivity index (χ0v) is 20.6. The second kappa shape index (κ2) is 9.51. The summed E-state index contributed by atoms with van der Waals surface area (Å²) in [5.74, 6) is 0.843. The van der Waals surface area contributed by atoms with E-state index in [9.17, 15) is 15.3 Å². The van der Waals surface area contributed by atoms with E-state index in [1.165, 1.54) is 17.8 Å². The Hall–Kier alpha value is -4.09. The van der Waals surface area contributed by atoms with Crippen molar-refractivity contribution in [1.82, 2.24) is 19.6 Å². The van der Waals surface area contributed by atoms with Crippen LogP contribution in [-0.4, -0.2) is 51.8 Å². The molecule has 3 aromatic rings. The van der Waals surface area contributed by atoms with Gasteiger partial charge in [0, 0.05) is 19.1 Å². The van der Waals surface area contributed by atoms with Crippen LogP contribution in [0.3, 0.4) is 0 Å². The van der Waals surface area contributed by atoms with Crippen molar-refractivity contribution in [3.63, 3.8) is 0 Å². The molecule has 11 nitrogen and oxygen atoms in total. The SMILES string of the molecule is COC(=O)C[C@@H]1CN(c2cc(C#N)cc(Nc3nc(NC4CC4)c4ncc(C#N)n4n3)c2Cl)C[C@@H]1C. The van der Waals surface area contributed by atoms with Crippen LogP contribution in [0.5, 0.6) is 0 Å². The maximum Gasteiger partial charge on any atom is 0.305 e. The number of benzene rings is 1. The first kappa shape index (κ1) is 23.6. The molecule has 2 fully saturated rings. The Bertz CT molecular complexity index is 1420. The summed E-state index contributed by atoms with van der Waals surface area (Å²) in [7, 11) is 1.39. The number of hydrogen-bond acceptors (Lipinski definition) is 10. The van der Waals surface area contributed by atoms with Gasteiger partial charge in [0.2, 0.25) is 5.95 Å². The molecule has 3 heterocycles. The molecule has 184 valence electrons. The number of halogens is 1. The van der Waals surface area contributed by atoms with Gasteiger partial charge in [0.15, 0.2) is 17.2 Å². The highest BCUT2D eigenvalue weighted by Gasteiger charge is 2.33. The minimum absolute atomic E-state index is 0.114. The van der Waals surface area contributed by atoms with Crippen LogP contribution in [0.4, 0.5) is 23.1 Å². The van der Waals surface area contributed by atoms with Crippen LogP contribution in [0, 0.1) is 34.5 Å². The molecule has 0 radical (unpaired) electrons. The lowest BCUT2D eigenvalue weighted by Gasteiger charge is -2.22. The fraction of sp³-hybridized carbons (Fsp3) is 0.417. The number of rotatable bonds is 7. The van der Waals surface area contributed by atoms with Gasteiger partial charge in [0.05, 0.1) is 47.8 Å². The van der Waals surface area contributed by atoms with Crippen molar-refractivity contribution in [2.45, 2.75) is 32.2 Å². The third-order valence-electron chi connectivity index (χ3n) is 6.59. The Kier molecular flexibility index (Phi) is 6.25. The number of imidazole rings is 1. The summed E-state index contributed by atoms with van der Waals surface area (Å²) < 4.78 is 6.28. The predicted octanol–water partition coefficient (Wildman–Crippen LogP) is 3.47. The molecular formula is C24H24ClN9O2. The molecule has 0 unspecified atom stereocenters. The number of hydrogen-bond donors (Lipinski definition) is 2. The number of fused-ring (bicyclic) bond motifs is 1. The number of nitriles is 2. The third-order valence-corrected chi connectivity index (χ3v) is 6.99. The first-order valence-electron chi connectivity index (χ1n) is 11.6. The van der Waals surface area contributed by atoms with E-state index >= 15 is 0 Å². The monoisotopic (exact) mass is 505 g/mol. The third kappa shape index (κ3) is 4.58. The van der Waals surface area contributed by atoms with E-state index < -0.39 is 0 Å². The maximum absolute atomic E-state index is 11.8. The summed E-state index contributed by atoms with van der Waals surface area (Å²) in [5, 5.41) is 30.5. The molecule has 0 bridgehead atoms. The number of aromatic nitrogens is 4. The molecule has 1 aromatic carbocycles. The van der Waals surface area contributed by atoms with Gasteiger partial charge < -0.3 is 20.3 Å². The number of nitrogens with zero attached hydrogens (tertiary/aromatic N) is 7. The number of ether oxygens (including phenoxy) is 1. The maximum atomic E-state index is 11.8. The highest BCUT2D eigenvalue weighted by molar-refractivity contribution is 6.36. The number of anilines is 4. The minimum Gasteiger partial charge on any atom is -0.469 e. The summed E-state index contributed by atoms with van der Waals surface area (Å²) in [6, 6.07) is 7.96. The summed E-state index contributed by atoms with van der Waals surface area (Å²) in [5.41, 5.74) is 2.30. The van der Waals surface area contributed by atoms with Gasteiger partial charge in [-0.1, -0.05) is 18.5 Å². The van der Waals surface area contributed by atoms with Crippen molar-refractivity contribution >= 4 is 46.4 Å². The van der Waals surface area contributed by atoms with Crippen LogP contribution < -0.4 is 15.5 Å². The van der Waals surface area contributed by atoms with Gasteiger partial charge in [-0.25, -0.2) is 4.98 Å². The number of carbonyl (C=O) groups excluding carboxylic acids is 1. The predicted molar refractivity (Wildman–Crippen MR) is 133 cm³/mol. The zero-order chi connectivity index (χ0) is 25.4. The summed E-state index contributed by atoms with van der Waals surface area (Å²) in [4.78, 5) is 22.8. The fourth-order valence-corrected chi connectivity index (χ4v) is 4.71. The number of methoxy groups -OCH3 is 1. The molecule has 1 aliphatic heterocycles. The Labute approximate surface area is 212 Å². The molecule has 1 aliphatic carbocycles. The highest BCUT2D eigenvalue weighted by atomic mass is 35.5. The second-order valence-electron chi connectivity index (χ2n) is 9.21. The Balaban J connectivity index is 1.49. The van der Waals surface area contributed by atoms with E-state index in [1.54, 1.807) is 12.1 Å². The van der Waals surface area contributed by atoms with Gasteiger partial charge in [-0.15, -0.1) is 5.10 Å². The van der Waals surface area contributed by atoms with Crippen LogP contribution in [0.15, 0.2) is 18.3 Å². The van der Waals surface area contributed by atoms with Crippen LogP contribution in [0.2, 0.25) is 5.02 Å². The summed E-state index contributed by atoms with van der Waals surface area (Å²) in [6.07, 6.45) is 3.85. The number of nitrogens with one attached hydrogen (secondary N) is 2. The molecule has 2 aromatic heterocycles. The van der Waals surface area contributed by atoms with E-state index in [4.69, 9.17) is 16.3 Å². The molecular weight excluding hydrogens is 482 g/mol. The van der Waals surface area contributed by atoms with Crippen molar-refractivity contribution in [2.24, 2.45) is 11.8 Å². The fourth-order valence-electron chi connectivity index (χ4n) is 4.44. The largest absolute Gasteiger partial charge is 0.469 e. The van der Waals surface area contributed by atoms with Crippen molar-refractivity contribution in [1.29, 1.82) is 10.5 Å². The molecule has 0 amide bonds. The standard InChI is InChI=1S/C24H24ClN9O2/c1-13-11-33(12-15(13)7-20(35)36-2)19-6-14(8-26)5-18(21(19)25)30-24-31-22(29-16-3-4-16)23-28-10-17(9-27)34(23)32-24/h5-6,10,13,15-16H,3-4,7,11-12H2,1-2H3,(H2,29,30,31,32)/t13-,15+/m0/s1. The van der Waals surface area contributed by atoms with E-state index in [0.29, 0.717) is 59.0 Å². The van der Waals surface area contributed by atoms with E-state index in [1.807, 2.05) is 0 Å². The average Bonchev–Trinajstić information content (AvgIpc) is 3.48. The van der Waals surface area contributed by atoms with Crippen molar-refractivity contribution < 1.29 is 9.53 Å². The van der Waals surface area contributed by atoms with Gasteiger partial charge in [-0.05, 0) is 36.8 Å². The summed E-state index contributed by atoms with van der Waals surface area (Å²) in [6.45, 7) is 3.39. The number of esters is 1. The topological polar surface area (TPSA) is 144 Å². The molecule has 2 N–H and O–H groups in total. The lowest BCUT2D eigenvalue weighted by Crippen LogP contribution is -2.21. The Morgan fingerprint density at radius 2 is 2.08 bits per heavy atom.